The van der Waals surface area contributed by atoms with Crippen molar-refractivity contribution < 1.29 is 16.8 Å². The van der Waals surface area contributed by atoms with E-state index in [4.69, 9.17) is 11.6 Å². The van der Waals surface area contributed by atoms with Crippen LogP contribution in [0.3, 0.4) is 0 Å². The maximum Gasteiger partial charge on any atom is 0.240 e. The van der Waals surface area contributed by atoms with Crippen molar-refractivity contribution in [1.29, 1.82) is 0 Å². The van der Waals surface area contributed by atoms with Gasteiger partial charge in [0.05, 0.1) is 9.79 Å². The van der Waals surface area contributed by atoms with Gasteiger partial charge in [0.1, 0.15) is 0 Å². The monoisotopic (exact) mass is 302 g/mol. The maximum atomic E-state index is 11.9. The smallest absolute Gasteiger partial charge is 0.225 e. The van der Waals surface area contributed by atoms with Gasteiger partial charge in [-0.15, -0.1) is 12.3 Å². The zero-order valence-corrected chi connectivity index (χ0v) is 11.8. The summed E-state index contributed by atoms with van der Waals surface area (Å²) < 4.78 is 48.3. The van der Waals surface area contributed by atoms with E-state index in [1.165, 1.54) is 12.1 Å². The van der Waals surface area contributed by atoms with E-state index < -0.39 is 26.1 Å². The molecule has 0 aliphatic rings. The Hall–Kier alpha value is -1.40. The highest BCUT2D eigenvalue weighted by Crippen LogP contribution is 2.13. The zero-order valence-electron chi connectivity index (χ0n) is 10.2. The van der Waals surface area contributed by atoms with Gasteiger partial charge in [0, 0.05) is 12.5 Å². The van der Waals surface area contributed by atoms with Gasteiger partial charge >= 0.3 is 0 Å². The van der Waals surface area contributed by atoms with Crippen LogP contribution in [0.25, 0.3) is 0 Å². The van der Waals surface area contributed by atoms with Crippen LogP contribution in [-0.4, -0.2) is 22.9 Å². The molecule has 1 aromatic carbocycles. The third kappa shape index (κ3) is 4.33. The highest BCUT2D eigenvalue weighted by Gasteiger charge is 2.17. The van der Waals surface area contributed by atoms with Gasteiger partial charge in [-0.2, -0.15) is 0 Å². The van der Waals surface area contributed by atoms with Gasteiger partial charge in [0.15, 0.2) is 0 Å². The molecule has 0 aliphatic heterocycles. The van der Waals surface area contributed by atoms with Gasteiger partial charge in [0.2, 0.25) is 20.0 Å². The molecule has 1 atom stereocenters. The predicted molar refractivity (Wildman–Crippen MR) is 71.0 cm³/mol. The molecule has 0 radical (unpaired) electrons. The lowest BCUT2D eigenvalue weighted by atomic mass is 10.3. The second-order valence-corrected chi connectivity index (χ2v) is 7.22. The molecule has 1 rings (SSSR count). The minimum atomic E-state index is -3.84. The summed E-state index contributed by atoms with van der Waals surface area (Å²) >= 11 is 0. The van der Waals surface area contributed by atoms with Crippen molar-refractivity contribution in [3.05, 3.63) is 24.3 Å². The summed E-state index contributed by atoms with van der Waals surface area (Å²) in [5.74, 6) is 2.35. The molecule has 0 spiro atoms. The van der Waals surface area contributed by atoms with Crippen molar-refractivity contribution in [1.82, 2.24) is 4.72 Å². The number of nitrogens with two attached hydrogens (primary N) is 1. The van der Waals surface area contributed by atoms with Gasteiger partial charge in [-0.05, 0) is 31.2 Å². The van der Waals surface area contributed by atoms with E-state index in [2.05, 4.69) is 10.6 Å². The maximum absolute atomic E-state index is 11.9. The van der Waals surface area contributed by atoms with E-state index in [0.717, 1.165) is 12.1 Å². The van der Waals surface area contributed by atoms with Crippen molar-refractivity contribution in [2.45, 2.75) is 29.2 Å². The Morgan fingerprint density at radius 2 is 1.68 bits per heavy atom. The molecule has 0 saturated carbocycles. The zero-order chi connectivity index (χ0) is 14.7. The van der Waals surface area contributed by atoms with Crippen LogP contribution in [0.4, 0.5) is 0 Å². The standard InChI is InChI=1S/C11H14N2O4S2/c1-3-4-9(2)13-19(16,17)11-7-5-10(6-8-11)18(12,14)15/h1,5-9,13H,4H2,2H3,(H2,12,14,15). The van der Waals surface area contributed by atoms with Crippen LogP contribution < -0.4 is 9.86 Å². The van der Waals surface area contributed by atoms with Gasteiger partial charge in [-0.1, -0.05) is 0 Å². The molecule has 0 bridgehead atoms. The van der Waals surface area contributed by atoms with Crippen molar-refractivity contribution in [3.8, 4) is 12.3 Å². The Balaban J connectivity index is 3.01. The summed E-state index contributed by atoms with van der Waals surface area (Å²) in [6.45, 7) is 1.64. The molecule has 0 saturated heterocycles. The molecule has 6 nitrogen and oxygen atoms in total. The first-order valence-electron chi connectivity index (χ1n) is 5.25. The summed E-state index contributed by atoms with van der Waals surface area (Å²) in [5, 5.41) is 4.92. The van der Waals surface area contributed by atoms with Gasteiger partial charge in [-0.25, -0.2) is 26.7 Å². The molecule has 8 heteroatoms. The number of hydrogen-bond acceptors (Lipinski definition) is 4. The fraction of sp³-hybridized carbons (Fsp3) is 0.273. The highest BCUT2D eigenvalue weighted by atomic mass is 32.2. The fourth-order valence-electron chi connectivity index (χ4n) is 1.36. The third-order valence-corrected chi connectivity index (χ3v) is 4.78. The molecule has 0 amide bonds. The molecule has 0 fully saturated rings. The van der Waals surface area contributed by atoms with Crippen LogP contribution in [0, 0.1) is 12.3 Å². The van der Waals surface area contributed by atoms with Crippen molar-refractivity contribution in [2.24, 2.45) is 5.14 Å². The second kappa shape index (κ2) is 5.71. The molecule has 1 unspecified atom stereocenters. The van der Waals surface area contributed by atoms with Crippen LogP contribution in [0.1, 0.15) is 13.3 Å². The molecule has 0 aliphatic carbocycles. The minimum Gasteiger partial charge on any atom is -0.225 e. The van der Waals surface area contributed by atoms with Gasteiger partial charge in [0.25, 0.3) is 0 Å². The molecule has 0 heterocycles. The lowest BCUT2D eigenvalue weighted by Crippen LogP contribution is -2.32. The first-order chi connectivity index (χ1) is 8.66. The fourth-order valence-corrected chi connectivity index (χ4v) is 3.12. The molecular formula is C11H14N2O4S2. The van der Waals surface area contributed by atoms with Crippen LogP contribution in [0.15, 0.2) is 34.1 Å². The molecule has 104 valence electrons. The molecule has 19 heavy (non-hydrogen) atoms. The third-order valence-electron chi connectivity index (χ3n) is 2.24. The number of nitrogens with one attached hydrogen (secondary N) is 1. The van der Waals surface area contributed by atoms with E-state index in [1.54, 1.807) is 6.92 Å². The summed E-state index contributed by atoms with van der Waals surface area (Å²) in [7, 11) is -7.56. The summed E-state index contributed by atoms with van der Waals surface area (Å²) in [6, 6.07) is 4.20. The highest BCUT2D eigenvalue weighted by molar-refractivity contribution is 7.89. The Kier molecular flexibility index (Phi) is 4.70. The average Bonchev–Trinajstić information content (AvgIpc) is 2.27. The van der Waals surface area contributed by atoms with Crippen molar-refractivity contribution in [2.75, 3.05) is 0 Å². The largest absolute Gasteiger partial charge is 0.240 e. The summed E-state index contributed by atoms with van der Waals surface area (Å²) in [4.78, 5) is -0.202. The Labute approximate surface area is 113 Å². The van der Waals surface area contributed by atoms with E-state index in [9.17, 15) is 16.8 Å². The molecule has 0 aromatic heterocycles. The summed E-state index contributed by atoms with van der Waals surface area (Å²) in [5.41, 5.74) is 0. The lowest BCUT2D eigenvalue weighted by Gasteiger charge is -2.11. The van der Waals surface area contributed by atoms with Gasteiger partial charge < -0.3 is 0 Å². The SMILES string of the molecule is C#CCC(C)NS(=O)(=O)c1ccc(S(N)(=O)=O)cc1. The lowest BCUT2D eigenvalue weighted by molar-refractivity contribution is 0.563. The van der Waals surface area contributed by atoms with Crippen LogP contribution in [0.5, 0.6) is 0 Å². The summed E-state index contributed by atoms with van der Waals surface area (Å²) in [6.07, 6.45) is 5.35. The minimum absolute atomic E-state index is 0.0521. The second-order valence-electron chi connectivity index (χ2n) is 3.95. The molecular weight excluding hydrogens is 288 g/mol. The quantitative estimate of drug-likeness (QED) is 0.748. The number of terminal acetylenes is 1. The molecule has 1 aromatic rings. The number of hydrogen-bond donors (Lipinski definition) is 2. The van der Waals surface area contributed by atoms with Crippen LogP contribution in [-0.2, 0) is 20.0 Å². The Bertz CT molecular complexity index is 685. The predicted octanol–water partition coefficient (Wildman–Crippen LogP) is 0.0241. The average molecular weight is 302 g/mol. The van der Waals surface area contributed by atoms with Crippen LogP contribution >= 0.6 is 0 Å². The molecule has 3 N–H and O–H groups in total. The van der Waals surface area contributed by atoms with Gasteiger partial charge in [-0.3, -0.25) is 0 Å². The Morgan fingerprint density at radius 3 is 2.11 bits per heavy atom. The first-order valence-corrected chi connectivity index (χ1v) is 8.28. The van der Waals surface area contributed by atoms with Crippen molar-refractivity contribution >= 4 is 20.0 Å². The topological polar surface area (TPSA) is 106 Å². The van der Waals surface area contributed by atoms with E-state index in [0.29, 0.717) is 0 Å². The normalized spacial score (nSPS) is 13.7. The number of rotatable bonds is 5. The van der Waals surface area contributed by atoms with E-state index >= 15 is 0 Å². The number of sulfonamides is 2. The first kappa shape index (κ1) is 15.7. The van der Waals surface area contributed by atoms with E-state index in [1.807, 2.05) is 0 Å². The number of benzene rings is 1. The van der Waals surface area contributed by atoms with E-state index in [-0.39, 0.29) is 16.2 Å². The Morgan fingerprint density at radius 1 is 1.21 bits per heavy atom. The van der Waals surface area contributed by atoms with Crippen molar-refractivity contribution in [3.63, 3.8) is 0 Å². The van der Waals surface area contributed by atoms with Crippen LogP contribution in [0.2, 0.25) is 0 Å². The number of primary sulfonamides is 1.